The number of benzene rings is 1. The Bertz CT molecular complexity index is 465. The summed E-state index contributed by atoms with van der Waals surface area (Å²) in [5, 5.41) is 11.7. The van der Waals surface area contributed by atoms with E-state index in [0.29, 0.717) is 17.7 Å². The largest absolute Gasteiger partial charge is 0.480 e. The Morgan fingerprint density at radius 1 is 1.30 bits per heavy atom. The van der Waals surface area contributed by atoms with Crippen molar-refractivity contribution in [2.24, 2.45) is 0 Å². The third-order valence-corrected chi connectivity index (χ3v) is 3.98. The zero-order valence-electron chi connectivity index (χ0n) is 11.6. The van der Waals surface area contributed by atoms with Gasteiger partial charge in [0.1, 0.15) is 6.04 Å². The minimum atomic E-state index is -0.993. The Hall–Kier alpha value is -1.14. The number of thioether (sulfide) groups is 2. The fourth-order valence-electron chi connectivity index (χ4n) is 1.70. The quantitative estimate of drug-likeness (QED) is 0.772. The molecule has 0 aliphatic carbocycles. The second kappa shape index (κ2) is 8.92. The molecule has 0 heterocycles. The highest BCUT2D eigenvalue weighted by Gasteiger charge is 2.20. The average molecular weight is 313 g/mol. The molecule has 1 atom stereocenters. The molecule has 4 nitrogen and oxygen atoms in total. The molecule has 0 aliphatic rings. The van der Waals surface area contributed by atoms with E-state index in [1.54, 1.807) is 35.7 Å². The smallest absolute Gasteiger partial charge is 0.326 e. The van der Waals surface area contributed by atoms with Crippen LogP contribution in [0.4, 0.5) is 0 Å². The summed E-state index contributed by atoms with van der Waals surface area (Å²) in [4.78, 5) is 23.2. The normalized spacial score (nSPS) is 11.9. The van der Waals surface area contributed by atoms with Crippen LogP contribution in [0.3, 0.4) is 0 Å². The fourth-order valence-corrected chi connectivity index (χ4v) is 2.69. The first kappa shape index (κ1) is 16.9. The highest BCUT2D eigenvalue weighted by molar-refractivity contribution is 7.98. The first-order valence-electron chi connectivity index (χ1n) is 6.19. The molecule has 0 unspecified atom stereocenters. The average Bonchev–Trinajstić information content (AvgIpc) is 2.43. The summed E-state index contributed by atoms with van der Waals surface area (Å²) in [6, 6.07) is 6.44. The van der Waals surface area contributed by atoms with Gasteiger partial charge in [0.2, 0.25) is 0 Å². The van der Waals surface area contributed by atoms with Crippen LogP contribution in [0.5, 0.6) is 0 Å². The molecule has 6 heteroatoms. The summed E-state index contributed by atoms with van der Waals surface area (Å²) >= 11 is 3.24. The topological polar surface area (TPSA) is 66.4 Å². The molecule has 1 aromatic rings. The highest BCUT2D eigenvalue weighted by Crippen LogP contribution is 2.12. The number of carbonyl (C=O) groups excluding carboxylic acids is 1. The van der Waals surface area contributed by atoms with Crippen molar-refractivity contribution in [1.29, 1.82) is 0 Å². The molecular formula is C14H19NO3S2. The van der Waals surface area contributed by atoms with Crippen molar-refractivity contribution in [3.63, 3.8) is 0 Å². The van der Waals surface area contributed by atoms with Crippen LogP contribution in [0.15, 0.2) is 24.3 Å². The third kappa shape index (κ3) is 5.46. The Morgan fingerprint density at radius 3 is 2.65 bits per heavy atom. The van der Waals surface area contributed by atoms with Crippen LogP contribution in [-0.2, 0) is 10.5 Å². The first-order valence-corrected chi connectivity index (χ1v) is 8.97. The number of rotatable bonds is 8. The van der Waals surface area contributed by atoms with Gasteiger partial charge in [-0.05, 0) is 42.4 Å². The monoisotopic (exact) mass is 313 g/mol. The lowest BCUT2D eigenvalue weighted by molar-refractivity contribution is -0.139. The Labute approximate surface area is 127 Å². The molecular weight excluding hydrogens is 294 g/mol. The molecule has 1 aromatic carbocycles. The minimum Gasteiger partial charge on any atom is -0.480 e. The Morgan fingerprint density at radius 2 is 2.05 bits per heavy atom. The van der Waals surface area contributed by atoms with Gasteiger partial charge >= 0.3 is 5.97 Å². The van der Waals surface area contributed by atoms with E-state index >= 15 is 0 Å². The lowest BCUT2D eigenvalue weighted by Gasteiger charge is -2.14. The van der Waals surface area contributed by atoms with Crippen LogP contribution in [0.2, 0.25) is 0 Å². The number of aliphatic carboxylic acids is 1. The van der Waals surface area contributed by atoms with Crippen molar-refractivity contribution in [2.45, 2.75) is 18.2 Å². The second-order valence-electron chi connectivity index (χ2n) is 4.28. The van der Waals surface area contributed by atoms with Crippen LogP contribution in [0, 0.1) is 0 Å². The van der Waals surface area contributed by atoms with E-state index in [1.165, 1.54) is 0 Å². The van der Waals surface area contributed by atoms with Gasteiger partial charge < -0.3 is 10.4 Å². The van der Waals surface area contributed by atoms with E-state index in [1.807, 2.05) is 24.6 Å². The molecule has 0 spiro atoms. The molecule has 110 valence electrons. The molecule has 0 fully saturated rings. The summed E-state index contributed by atoms with van der Waals surface area (Å²) < 4.78 is 0. The minimum absolute atomic E-state index is 0.332. The summed E-state index contributed by atoms with van der Waals surface area (Å²) in [5.74, 6) is 0.203. The second-order valence-corrected chi connectivity index (χ2v) is 6.13. The van der Waals surface area contributed by atoms with E-state index in [-0.39, 0.29) is 5.91 Å². The van der Waals surface area contributed by atoms with Crippen molar-refractivity contribution in [1.82, 2.24) is 5.32 Å². The van der Waals surface area contributed by atoms with Crippen LogP contribution in [0.1, 0.15) is 22.3 Å². The van der Waals surface area contributed by atoms with Gasteiger partial charge in [0.25, 0.3) is 5.91 Å². The van der Waals surface area contributed by atoms with Gasteiger partial charge in [0.15, 0.2) is 0 Å². The molecule has 0 saturated carbocycles. The number of hydrogen-bond donors (Lipinski definition) is 2. The maximum Gasteiger partial charge on any atom is 0.326 e. The van der Waals surface area contributed by atoms with Gasteiger partial charge in [-0.2, -0.15) is 23.5 Å². The summed E-state index contributed by atoms with van der Waals surface area (Å²) in [7, 11) is 0. The van der Waals surface area contributed by atoms with Crippen LogP contribution in [0.25, 0.3) is 0 Å². The summed E-state index contributed by atoms with van der Waals surface area (Å²) in [5.41, 5.74) is 1.56. The predicted octanol–water partition coefficient (Wildman–Crippen LogP) is 2.49. The molecule has 0 aromatic heterocycles. The summed E-state index contributed by atoms with van der Waals surface area (Å²) in [6.45, 7) is 0. The Kier molecular flexibility index (Phi) is 7.54. The lowest BCUT2D eigenvalue weighted by atomic mass is 10.1. The third-order valence-electron chi connectivity index (χ3n) is 2.71. The number of carboxylic acids is 1. The standard InChI is InChI=1S/C14H19NO3S2/c1-19-7-6-12(14(17)18)15-13(16)11-5-3-4-10(8-11)9-20-2/h3-5,8,12H,6-7,9H2,1-2H3,(H,15,16)(H,17,18)/t12-/m0/s1. The summed E-state index contributed by atoms with van der Waals surface area (Å²) in [6.07, 6.45) is 4.33. The number of amides is 1. The number of nitrogens with one attached hydrogen (secondary N) is 1. The van der Waals surface area contributed by atoms with Crippen molar-refractivity contribution in [3.05, 3.63) is 35.4 Å². The maximum atomic E-state index is 12.1. The predicted molar refractivity (Wildman–Crippen MR) is 85.6 cm³/mol. The molecule has 0 aliphatic heterocycles. The highest BCUT2D eigenvalue weighted by atomic mass is 32.2. The van der Waals surface area contributed by atoms with Crippen LogP contribution in [-0.4, -0.2) is 41.3 Å². The molecule has 20 heavy (non-hydrogen) atoms. The number of carbonyl (C=O) groups is 2. The zero-order valence-corrected chi connectivity index (χ0v) is 13.2. The van der Waals surface area contributed by atoms with Gasteiger partial charge in [0.05, 0.1) is 0 Å². The Balaban J connectivity index is 2.72. The van der Waals surface area contributed by atoms with Gasteiger partial charge in [-0.25, -0.2) is 4.79 Å². The lowest BCUT2D eigenvalue weighted by Crippen LogP contribution is -2.41. The van der Waals surface area contributed by atoms with E-state index in [4.69, 9.17) is 5.11 Å². The van der Waals surface area contributed by atoms with Gasteiger partial charge in [-0.3, -0.25) is 4.79 Å². The van der Waals surface area contributed by atoms with E-state index in [9.17, 15) is 9.59 Å². The van der Waals surface area contributed by atoms with Crippen LogP contribution < -0.4 is 5.32 Å². The molecule has 0 bridgehead atoms. The van der Waals surface area contributed by atoms with Crippen molar-refractivity contribution < 1.29 is 14.7 Å². The SMILES string of the molecule is CSCC[C@H](NC(=O)c1cccc(CSC)c1)C(=O)O. The first-order chi connectivity index (χ1) is 9.58. The van der Waals surface area contributed by atoms with E-state index < -0.39 is 12.0 Å². The molecule has 1 amide bonds. The maximum absolute atomic E-state index is 12.1. The zero-order chi connectivity index (χ0) is 15.0. The molecule has 0 radical (unpaired) electrons. The number of carboxylic acid groups (broad SMARTS) is 1. The van der Waals surface area contributed by atoms with Crippen molar-refractivity contribution in [3.8, 4) is 0 Å². The van der Waals surface area contributed by atoms with Gasteiger partial charge in [-0.1, -0.05) is 12.1 Å². The van der Waals surface area contributed by atoms with Crippen LogP contribution >= 0.6 is 23.5 Å². The van der Waals surface area contributed by atoms with E-state index in [0.717, 1.165) is 11.3 Å². The van der Waals surface area contributed by atoms with Crippen molar-refractivity contribution >= 4 is 35.4 Å². The van der Waals surface area contributed by atoms with Gasteiger partial charge in [0, 0.05) is 11.3 Å². The molecule has 2 N–H and O–H groups in total. The molecule has 0 saturated heterocycles. The fraction of sp³-hybridized carbons (Fsp3) is 0.429. The van der Waals surface area contributed by atoms with E-state index in [2.05, 4.69) is 5.32 Å². The molecule has 1 rings (SSSR count). The van der Waals surface area contributed by atoms with Gasteiger partial charge in [-0.15, -0.1) is 0 Å². The number of hydrogen-bond acceptors (Lipinski definition) is 4. The van der Waals surface area contributed by atoms with Crippen molar-refractivity contribution in [2.75, 3.05) is 18.3 Å².